The zero-order valence-corrected chi connectivity index (χ0v) is 23.5. The van der Waals surface area contributed by atoms with Crippen LogP contribution in [0.25, 0.3) is 11.2 Å². The van der Waals surface area contributed by atoms with E-state index < -0.39 is 50.3 Å². The highest BCUT2D eigenvalue weighted by molar-refractivity contribution is 7.51. The topological polar surface area (TPSA) is 263 Å². The van der Waals surface area contributed by atoms with Crippen LogP contribution in [0, 0.1) is 0 Å². The van der Waals surface area contributed by atoms with Crippen molar-refractivity contribution in [3.8, 4) is 0 Å². The lowest BCUT2D eigenvalue weighted by Gasteiger charge is -2.24. The molecule has 0 aromatic carbocycles. The van der Waals surface area contributed by atoms with Crippen molar-refractivity contribution in [3.05, 3.63) is 35.4 Å². The molecule has 230 valence electrons. The predicted molar refractivity (Wildman–Crippen MR) is 148 cm³/mol. The van der Waals surface area contributed by atoms with Crippen LogP contribution in [0.3, 0.4) is 0 Å². The largest absolute Gasteiger partial charge is 0.405 e. The number of aliphatic hydroxyl groups is 2. The molecule has 0 radical (unpaired) electrons. The fourth-order valence-corrected chi connectivity index (χ4v) is 6.13. The summed E-state index contributed by atoms with van der Waals surface area (Å²) in [4.78, 5) is 28.2. The summed E-state index contributed by atoms with van der Waals surface area (Å²) in [5.74, 6) is 0.282. The molecule has 0 aliphatic carbocycles. The third kappa shape index (κ3) is 6.77. The highest BCUT2D eigenvalue weighted by atomic mass is 31.2. The molecule has 0 spiro atoms. The van der Waals surface area contributed by atoms with E-state index in [2.05, 4.69) is 25.0 Å². The second kappa shape index (κ2) is 13.1. The minimum Gasteiger partial charge on any atom is -0.390 e. The molecule has 5 heterocycles. The number of unbranched alkanes of at least 4 members (excludes halogenated alkanes) is 1. The number of imidazole rings is 1. The van der Waals surface area contributed by atoms with Crippen LogP contribution < -0.4 is 28.0 Å². The molecule has 0 amide bonds. The standard InChI is InChI=1S/C23H35N10O8P/c24-4-1-2-5-30-42(37,38-9-15-13(34)7-18(40-15)32-6-3-17(25)31-23(32)36)39-10-16-14(35)8-19(41-16)33-12-29-20-21(26)27-11-28-22(20)33/h3,6,11-16,18-19,34-35H,1-2,4-5,7-10,24H2,(H,30,37)(H2,25,31,36)(H2,26,27,28)/t13-,14-,15+,16+,18+,19+,42?/m0/s1. The van der Waals surface area contributed by atoms with Gasteiger partial charge >= 0.3 is 13.4 Å². The fraction of sp³-hybridized carbons (Fsp3) is 0.609. The van der Waals surface area contributed by atoms with Gasteiger partial charge in [-0.05, 0) is 25.5 Å². The Bertz CT molecular complexity index is 1470. The lowest BCUT2D eigenvalue weighted by molar-refractivity contribution is -0.0526. The van der Waals surface area contributed by atoms with Gasteiger partial charge in [-0.2, -0.15) is 4.98 Å². The maximum atomic E-state index is 13.7. The van der Waals surface area contributed by atoms with Gasteiger partial charge in [-0.1, -0.05) is 0 Å². The third-order valence-electron chi connectivity index (χ3n) is 7.02. The average molecular weight is 611 g/mol. The Morgan fingerprint density at radius 3 is 2.33 bits per heavy atom. The zero-order chi connectivity index (χ0) is 29.9. The number of hydrogen-bond acceptors (Lipinski definition) is 15. The Hall–Kier alpha value is -3.06. The summed E-state index contributed by atoms with van der Waals surface area (Å²) in [7, 11) is -3.98. The highest BCUT2D eigenvalue weighted by Gasteiger charge is 2.40. The summed E-state index contributed by atoms with van der Waals surface area (Å²) in [6.45, 7) is 0.150. The van der Waals surface area contributed by atoms with Crippen molar-refractivity contribution in [2.24, 2.45) is 5.73 Å². The quantitative estimate of drug-likeness (QED) is 0.100. The monoisotopic (exact) mass is 610 g/mol. The van der Waals surface area contributed by atoms with Crippen LogP contribution in [0.2, 0.25) is 0 Å². The van der Waals surface area contributed by atoms with Gasteiger partial charge in [0.25, 0.3) is 0 Å². The van der Waals surface area contributed by atoms with Gasteiger partial charge < -0.3 is 36.9 Å². The van der Waals surface area contributed by atoms with Crippen LogP contribution in [-0.4, -0.2) is 90.0 Å². The first kappa shape index (κ1) is 30.4. The molecule has 5 rings (SSSR count). The summed E-state index contributed by atoms with van der Waals surface area (Å²) < 4.78 is 39.7. The number of nitrogen functional groups attached to an aromatic ring is 2. The molecule has 0 saturated carbocycles. The van der Waals surface area contributed by atoms with Gasteiger partial charge in [-0.15, -0.1) is 0 Å². The Kier molecular flexibility index (Phi) is 9.46. The molecular weight excluding hydrogens is 575 g/mol. The number of anilines is 2. The highest BCUT2D eigenvalue weighted by Crippen LogP contribution is 2.46. The van der Waals surface area contributed by atoms with Crippen molar-refractivity contribution >= 4 is 30.5 Å². The van der Waals surface area contributed by atoms with Gasteiger partial charge in [0, 0.05) is 25.6 Å². The van der Waals surface area contributed by atoms with E-state index in [1.54, 1.807) is 4.57 Å². The Morgan fingerprint density at radius 1 is 1.02 bits per heavy atom. The molecule has 3 aromatic heterocycles. The molecular formula is C23H35N10O8P. The SMILES string of the molecule is NCCCCNP(=O)(OC[C@H]1O[C@@H](n2ccc(N)nc2=O)C[C@@H]1O)OC[C@H]1O[C@@H](n2cnc3c(N)ncnc32)C[C@@H]1O. The molecule has 0 bridgehead atoms. The van der Waals surface area contributed by atoms with Gasteiger partial charge in [0.1, 0.15) is 42.3 Å². The summed E-state index contributed by atoms with van der Waals surface area (Å²) in [5.41, 5.74) is 17.2. The number of nitrogens with one attached hydrogen (secondary N) is 1. The first-order valence-corrected chi connectivity index (χ1v) is 15.0. The molecule has 2 fully saturated rings. The molecule has 2 aliphatic rings. The number of nitrogens with two attached hydrogens (primary N) is 3. The first-order valence-electron chi connectivity index (χ1n) is 13.5. The van der Waals surface area contributed by atoms with Gasteiger partial charge in [0.2, 0.25) is 0 Å². The molecule has 3 aromatic rings. The number of ether oxygens (including phenoxy) is 2. The number of hydrogen-bond donors (Lipinski definition) is 6. The minimum atomic E-state index is -3.98. The van der Waals surface area contributed by atoms with Crippen molar-refractivity contribution in [3.63, 3.8) is 0 Å². The van der Waals surface area contributed by atoms with Crippen LogP contribution in [0.5, 0.6) is 0 Å². The van der Waals surface area contributed by atoms with E-state index in [1.165, 1.54) is 29.5 Å². The minimum absolute atomic E-state index is 0.0631. The van der Waals surface area contributed by atoms with Crippen molar-refractivity contribution in [2.45, 2.75) is 62.6 Å². The number of fused-ring (bicyclic) bond motifs is 1. The number of nitrogens with zero attached hydrogens (tertiary/aromatic N) is 6. The first-order chi connectivity index (χ1) is 20.2. The Labute approximate surface area is 239 Å². The average Bonchev–Trinajstić information content (AvgIpc) is 3.66. The second-order valence-corrected chi connectivity index (χ2v) is 11.8. The predicted octanol–water partition coefficient (Wildman–Crippen LogP) is -0.986. The van der Waals surface area contributed by atoms with E-state index in [0.29, 0.717) is 30.6 Å². The van der Waals surface area contributed by atoms with Crippen molar-refractivity contribution in [2.75, 3.05) is 37.8 Å². The van der Waals surface area contributed by atoms with E-state index in [4.69, 9.17) is 35.7 Å². The molecule has 42 heavy (non-hydrogen) atoms. The third-order valence-corrected chi connectivity index (χ3v) is 8.61. The fourth-order valence-electron chi connectivity index (χ4n) is 4.75. The van der Waals surface area contributed by atoms with E-state index in [-0.39, 0.29) is 44.2 Å². The molecule has 18 nitrogen and oxygen atoms in total. The summed E-state index contributed by atoms with van der Waals surface area (Å²) in [5, 5.41) is 24.0. The molecule has 1 unspecified atom stereocenters. The molecule has 2 saturated heterocycles. The Morgan fingerprint density at radius 2 is 1.69 bits per heavy atom. The van der Waals surface area contributed by atoms with E-state index >= 15 is 0 Å². The van der Waals surface area contributed by atoms with Gasteiger partial charge in [0.05, 0.1) is 31.7 Å². The normalized spacial score (nSPS) is 27.5. The number of aliphatic hydroxyl groups excluding tert-OH is 2. The zero-order valence-electron chi connectivity index (χ0n) is 22.6. The van der Waals surface area contributed by atoms with E-state index in [1.807, 2.05) is 0 Å². The van der Waals surface area contributed by atoms with Crippen LogP contribution >= 0.6 is 7.75 Å². The number of aromatic nitrogens is 6. The Balaban J connectivity index is 1.21. The van der Waals surface area contributed by atoms with Crippen LogP contribution in [0.15, 0.2) is 29.7 Å². The maximum absolute atomic E-state index is 13.7. The van der Waals surface area contributed by atoms with E-state index in [0.717, 1.165) is 0 Å². The summed E-state index contributed by atoms with van der Waals surface area (Å²) in [6.07, 6.45) is 0.617. The molecule has 2 aliphatic heterocycles. The van der Waals surface area contributed by atoms with Crippen LogP contribution in [0.1, 0.15) is 38.1 Å². The molecule has 9 N–H and O–H groups in total. The number of rotatable bonds is 13. The molecule has 19 heteroatoms. The lowest BCUT2D eigenvalue weighted by atomic mass is 10.2. The van der Waals surface area contributed by atoms with Gasteiger partial charge in [-0.3, -0.25) is 18.2 Å². The van der Waals surface area contributed by atoms with Crippen LogP contribution in [-0.2, 0) is 23.1 Å². The maximum Gasteiger partial charge on any atom is 0.405 e. The van der Waals surface area contributed by atoms with Crippen molar-refractivity contribution in [1.82, 2.24) is 34.2 Å². The van der Waals surface area contributed by atoms with Crippen molar-refractivity contribution < 1.29 is 33.3 Å². The van der Waals surface area contributed by atoms with E-state index in [9.17, 15) is 19.6 Å². The smallest absolute Gasteiger partial charge is 0.390 e. The molecule has 7 atom stereocenters. The summed E-state index contributed by atoms with van der Waals surface area (Å²) in [6, 6.07) is 1.44. The van der Waals surface area contributed by atoms with Crippen LogP contribution in [0.4, 0.5) is 11.6 Å². The lowest BCUT2D eigenvalue weighted by Crippen LogP contribution is -2.31. The summed E-state index contributed by atoms with van der Waals surface area (Å²) >= 11 is 0. The van der Waals surface area contributed by atoms with Crippen molar-refractivity contribution in [1.29, 1.82) is 0 Å². The van der Waals surface area contributed by atoms with Gasteiger partial charge in [-0.25, -0.2) is 29.4 Å². The van der Waals surface area contributed by atoms with Gasteiger partial charge in [0.15, 0.2) is 11.5 Å². The second-order valence-electron chi connectivity index (χ2n) is 9.98.